The number of hydrogen-bond donors (Lipinski definition) is 1. The van der Waals surface area contributed by atoms with Crippen molar-refractivity contribution in [2.45, 2.75) is 8.96 Å². The van der Waals surface area contributed by atoms with Gasteiger partial charge in [0.2, 0.25) is 0 Å². The fraction of sp³-hybridized carbons (Fsp3) is 0.500. The van der Waals surface area contributed by atoms with Gasteiger partial charge in [0.15, 0.2) is 9.84 Å². The van der Waals surface area contributed by atoms with Gasteiger partial charge in [-0.15, -0.1) is 11.3 Å². The molecule has 0 unspecified atom stereocenters. The number of rotatable bonds is 3. The van der Waals surface area contributed by atoms with Gasteiger partial charge in [0.05, 0.1) is 17.6 Å². The summed E-state index contributed by atoms with van der Waals surface area (Å²) in [6, 6.07) is 3.08. The van der Waals surface area contributed by atoms with Crippen LogP contribution in [0.5, 0.6) is 0 Å². The Morgan fingerprint density at radius 1 is 1.53 bits per heavy atom. The highest BCUT2D eigenvalue weighted by Crippen LogP contribution is 2.36. The van der Waals surface area contributed by atoms with Crippen molar-refractivity contribution < 1.29 is 13.2 Å². The predicted molar refractivity (Wildman–Crippen MR) is 59.1 cm³/mol. The van der Waals surface area contributed by atoms with E-state index in [9.17, 15) is 8.42 Å². The molecule has 1 aliphatic rings. The zero-order valence-corrected chi connectivity index (χ0v) is 10.2. The Bertz CT molecular complexity index is 458. The van der Waals surface area contributed by atoms with E-state index >= 15 is 0 Å². The van der Waals surface area contributed by atoms with E-state index in [1.165, 1.54) is 6.07 Å². The van der Waals surface area contributed by atoms with Gasteiger partial charge in [-0.3, -0.25) is 0 Å². The molecule has 2 heterocycles. The van der Waals surface area contributed by atoms with Gasteiger partial charge < -0.3 is 10.5 Å². The van der Waals surface area contributed by atoms with Crippen LogP contribution in [0.15, 0.2) is 16.3 Å². The number of nitrogens with two attached hydrogens (primary N) is 1. The van der Waals surface area contributed by atoms with Crippen molar-refractivity contribution in [3.05, 3.63) is 16.5 Å². The second-order valence-electron chi connectivity index (χ2n) is 3.44. The lowest BCUT2D eigenvalue weighted by atomic mass is 10.1. The van der Waals surface area contributed by atoms with Crippen molar-refractivity contribution in [3.8, 4) is 0 Å². The van der Waals surface area contributed by atoms with E-state index < -0.39 is 14.6 Å². The maximum absolute atomic E-state index is 12.2. The van der Waals surface area contributed by atoms with Crippen molar-refractivity contribution >= 4 is 32.8 Å². The van der Waals surface area contributed by atoms with E-state index in [0.29, 0.717) is 4.34 Å². The summed E-state index contributed by atoms with van der Waals surface area (Å²) in [4.78, 5) is 0. The second kappa shape index (κ2) is 3.71. The molecule has 0 radical (unpaired) electrons. The minimum absolute atomic E-state index is 0.0743. The van der Waals surface area contributed by atoms with Crippen LogP contribution in [0.25, 0.3) is 0 Å². The van der Waals surface area contributed by atoms with E-state index in [1.807, 2.05) is 0 Å². The largest absolute Gasteiger partial charge is 0.378 e. The number of ether oxygens (including phenoxy) is 1. The van der Waals surface area contributed by atoms with Gasteiger partial charge in [-0.2, -0.15) is 0 Å². The number of hydrogen-bond acceptors (Lipinski definition) is 5. The number of halogens is 1. The van der Waals surface area contributed by atoms with Gasteiger partial charge in [0, 0.05) is 6.54 Å². The molecule has 0 bridgehead atoms. The third-order valence-electron chi connectivity index (χ3n) is 2.49. The molecule has 0 amide bonds. The molecule has 15 heavy (non-hydrogen) atoms. The standard InChI is InChI=1S/C8H10ClNO3S2/c9-6-1-2-7(14-6)15(11,12)8(3-10)4-13-5-8/h1-2H,3-5,10H2. The first kappa shape index (κ1) is 11.3. The summed E-state index contributed by atoms with van der Waals surface area (Å²) in [6.07, 6.45) is 0. The summed E-state index contributed by atoms with van der Waals surface area (Å²) in [7, 11) is -3.41. The Kier molecular flexibility index (Phi) is 2.81. The van der Waals surface area contributed by atoms with Gasteiger partial charge in [-0.25, -0.2) is 8.42 Å². The first-order valence-corrected chi connectivity index (χ1v) is 6.97. The Morgan fingerprint density at radius 3 is 2.53 bits per heavy atom. The quantitative estimate of drug-likeness (QED) is 0.884. The van der Waals surface area contributed by atoms with E-state index in [0.717, 1.165) is 11.3 Å². The van der Waals surface area contributed by atoms with Crippen molar-refractivity contribution in [1.29, 1.82) is 0 Å². The topological polar surface area (TPSA) is 69.4 Å². The fourth-order valence-electron chi connectivity index (χ4n) is 1.37. The molecule has 84 valence electrons. The third-order valence-corrected chi connectivity index (χ3v) is 6.63. The summed E-state index contributed by atoms with van der Waals surface area (Å²) in [5, 5.41) is 0. The summed E-state index contributed by atoms with van der Waals surface area (Å²) in [6.45, 7) is 0.410. The van der Waals surface area contributed by atoms with Crippen LogP contribution < -0.4 is 5.73 Å². The number of sulfone groups is 1. The Hall–Kier alpha value is -0.140. The molecule has 0 atom stereocenters. The molecule has 1 aromatic heterocycles. The van der Waals surface area contributed by atoms with Crippen LogP contribution in [0.4, 0.5) is 0 Å². The lowest BCUT2D eigenvalue weighted by Crippen LogP contribution is -2.60. The third kappa shape index (κ3) is 1.60. The fourth-order valence-corrected chi connectivity index (χ4v) is 4.89. The van der Waals surface area contributed by atoms with Crippen LogP contribution in [-0.2, 0) is 14.6 Å². The highest BCUT2D eigenvalue weighted by molar-refractivity contribution is 7.95. The predicted octanol–water partition coefficient (Wildman–Crippen LogP) is 0.903. The van der Waals surface area contributed by atoms with Crippen molar-refractivity contribution in [3.63, 3.8) is 0 Å². The van der Waals surface area contributed by atoms with Crippen molar-refractivity contribution in [2.24, 2.45) is 5.73 Å². The highest BCUT2D eigenvalue weighted by atomic mass is 35.5. The molecule has 1 fully saturated rings. The SMILES string of the molecule is NCC1(S(=O)(=O)c2ccc(Cl)s2)COC1. The van der Waals surface area contributed by atoms with Crippen LogP contribution in [-0.4, -0.2) is 32.9 Å². The molecular weight excluding hydrogens is 258 g/mol. The van der Waals surface area contributed by atoms with Gasteiger partial charge >= 0.3 is 0 Å². The Labute approximate surface area is 96.9 Å². The average Bonchev–Trinajstić information content (AvgIpc) is 2.50. The van der Waals surface area contributed by atoms with E-state index in [-0.39, 0.29) is 24.0 Å². The first-order valence-electron chi connectivity index (χ1n) is 4.30. The summed E-state index contributed by atoms with van der Waals surface area (Å²) >= 11 is 6.77. The first-order chi connectivity index (χ1) is 7.02. The molecule has 1 aromatic rings. The van der Waals surface area contributed by atoms with E-state index in [2.05, 4.69) is 0 Å². The maximum Gasteiger partial charge on any atom is 0.199 e. The minimum atomic E-state index is -3.41. The lowest BCUT2D eigenvalue weighted by Gasteiger charge is -2.38. The van der Waals surface area contributed by atoms with Crippen LogP contribution in [0, 0.1) is 0 Å². The zero-order valence-electron chi connectivity index (χ0n) is 7.77. The molecule has 0 spiro atoms. The van der Waals surface area contributed by atoms with E-state index in [4.69, 9.17) is 22.1 Å². The van der Waals surface area contributed by atoms with Crippen LogP contribution in [0.3, 0.4) is 0 Å². The van der Waals surface area contributed by atoms with Crippen LogP contribution in [0.1, 0.15) is 0 Å². The molecule has 0 aromatic carbocycles. The summed E-state index contributed by atoms with van der Waals surface area (Å²) in [5.41, 5.74) is 5.51. The monoisotopic (exact) mass is 267 g/mol. The summed E-state index contributed by atoms with van der Waals surface area (Å²) < 4.78 is 29.1. The minimum Gasteiger partial charge on any atom is -0.378 e. The van der Waals surface area contributed by atoms with Crippen LogP contribution in [0.2, 0.25) is 4.34 Å². The second-order valence-corrected chi connectivity index (χ2v) is 7.73. The highest BCUT2D eigenvalue weighted by Gasteiger charge is 2.50. The van der Waals surface area contributed by atoms with Crippen LogP contribution >= 0.6 is 22.9 Å². The average molecular weight is 268 g/mol. The molecule has 0 aliphatic carbocycles. The maximum atomic E-state index is 12.2. The Morgan fingerprint density at radius 2 is 2.20 bits per heavy atom. The molecule has 1 saturated heterocycles. The molecule has 1 aliphatic heterocycles. The zero-order chi connectivity index (χ0) is 11.1. The smallest absolute Gasteiger partial charge is 0.199 e. The van der Waals surface area contributed by atoms with Gasteiger partial charge in [0.25, 0.3) is 0 Å². The summed E-state index contributed by atoms with van der Waals surface area (Å²) in [5.74, 6) is 0. The van der Waals surface area contributed by atoms with Gasteiger partial charge in [-0.05, 0) is 12.1 Å². The molecule has 4 nitrogen and oxygen atoms in total. The number of thiophene rings is 1. The van der Waals surface area contributed by atoms with Crippen molar-refractivity contribution in [1.82, 2.24) is 0 Å². The molecule has 2 rings (SSSR count). The lowest BCUT2D eigenvalue weighted by molar-refractivity contribution is -0.00915. The molecule has 2 N–H and O–H groups in total. The molecule has 0 saturated carbocycles. The molecule has 7 heteroatoms. The molecular formula is C8H10ClNO3S2. The van der Waals surface area contributed by atoms with Crippen molar-refractivity contribution in [2.75, 3.05) is 19.8 Å². The van der Waals surface area contributed by atoms with E-state index in [1.54, 1.807) is 6.07 Å². The van der Waals surface area contributed by atoms with Gasteiger partial charge in [-0.1, -0.05) is 11.6 Å². The van der Waals surface area contributed by atoms with Gasteiger partial charge in [0.1, 0.15) is 8.96 Å². The normalized spacial score (nSPS) is 19.9. The Balaban J connectivity index is 2.43.